The Kier molecular flexibility index (Phi) is 3.21. The molecule has 0 aromatic heterocycles. The molecule has 0 aromatic rings. The number of allylic oxidation sites excluding steroid dienone is 1. The first-order valence-electron chi connectivity index (χ1n) is 9.36. The van der Waals surface area contributed by atoms with Gasteiger partial charge in [-0.15, -0.1) is 0 Å². The maximum absolute atomic E-state index is 12.5. The van der Waals surface area contributed by atoms with Crippen molar-refractivity contribution in [1.82, 2.24) is 0 Å². The maximum atomic E-state index is 12.5. The molecule has 1 saturated heterocycles. The predicted octanol–water partition coefficient (Wildman–Crippen LogP) is 2.82. The molecule has 0 amide bonds. The number of esters is 1. The van der Waals surface area contributed by atoms with Crippen molar-refractivity contribution in [3.8, 4) is 0 Å². The van der Waals surface area contributed by atoms with Crippen molar-refractivity contribution in [1.29, 1.82) is 0 Å². The molecule has 0 unspecified atom stereocenters. The van der Waals surface area contributed by atoms with Crippen LogP contribution in [0.4, 0.5) is 0 Å². The van der Waals surface area contributed by atoms with E-state index in [0.29, 0.717) is 5.92 Å². The molecule has 24 heavy (non-hydrogen) atoms. The van der Waals surface area contributed by atoms with Gasteiger partial charge >= 0.3 is 5.97 Å². The van der Waals surface area contributed by atoms with E-state index in [1.807, 2.05) is 6.08 Å². The van der Waals surface area contributed by atoms with E-state index in [1.54, 1.807) is 0 Å². The third kappa shape index (κ3) is 1.79. The maximum Gasteiger partial charge on any atom is 0.313 e. The Morgan fingerprint density at radius 3 is 2.54 bits per heavy atom. The standard InChI is InChI=1S/C20H30O4/c1-17(2)7-5-8-18(3)12(17)6-9-19(4)13(18)10-14(21)20(23)11-24-16(22)15(19)20/h10,12,14-15,21,23H,5-9,11H2,1-4H3/t12-,14+,15-,18-,19+,20-/m0/s1. The van der Waals surface area contributed by atoms with Crippen LogP contribution in [0.5, 0.6) is 0 Å². The summed E-state index contributed by atoms with van der Waals surface area (Å²) in [6.45, 7) is 9.05. The summed E-state index contributed by atoms with van der Waals surface area (Å²) in [7, 11) is 0. The summed E-state index contributed by atoms with van der Waals surface area (Å²) in [5, 5.41) is 21.7. The zero-order valence-corrected chi connectivity index (χ0v) is 15.3. The summed E-state index contributed by atoms with van der Waals surface area (Å²) in [6.07, 6.45) is 6.28. The first kappa shape index (κ1) is 16.6. The Bertz CT molecular complexity index is 623. The summed E-state index contributed by atoms with van der Waals surface area (Å²) >= 11 is 0. The fraction of sp³-hybridized carbons (Fsp3) is 0.850. The smallest absolute Gasteiger partial charge is 0.313 e. The van der Waals surface area contributed by atoms with Gasteiger partial charge in [0.2, 0.25) is 0 Å². The van der Waals surface area contributed by atoms with Gasteiger partial charge in [0.1, 0.15) is 24.2 Å². The topological polar surface area (TPSA) is 66.8 Å². The van der Waals surface area contributed by atoms with Gasteiger partial charge in [0.05, 0.1) is 0 Å². The SMILES string of the molecule is CC1(C)CCC[C@]2(C)C3=C[C@@H](O)[C@@]4(O)COC(=O)[C@H]4[C@]3(C)CC[C@@H]12. The third-order valence-corrected chi connectivity index (χ3v) is 8.07. The summed E-state index contributed by atoms with van der Waals surface area (Å²) in [6, 6.07) is 0. The van der Waals surface area contributed by atoms with Crippen LogP contribution in [-0.2, 0) is 9.53 Å². The average molecular weight is 334 g/mol. The molecule has 6 atom stereocenters. The van der Waals surface area contributed by atoms with Crippen molar-refractivity contribution < 1.29 is 19.7 Å². The van der Waals surface area contributed by atoms with E-state index in [1.165, 1.54) is 18.4 Å². The van der Waals surface area contributed by atoms with E-state index in [9.17, 15) is 15.0 Å². The molecule has 3 fully saturated rings. The molecule has 3 aliphatic carbocycles. The zero-order valence-electron chi connectivity index (χ0n) is 15.3. The number of ether oxygens (including phenoxy) is 1. The number of carbonyl (C=O) groups excluding carboxylic acids is 1. The van der Waals surface area contributed by atoms with E-state index in [0.717, 1.165) is 19.3 Å². The molecule has 0 radical (unpaired) electrons. The molecule has 4 aliphatic rings. The van der Waals surface area contributed by atoms with Crippen molar-refractivity contribution in [2.45, 2.75) is 71.5 Å². The normalized spacial score (nSPS) is 52.7. The Morgan fingerprint density at radius 2 is 1.83 bits per heavy atom. The second kappa shape index (κ2) is 4.64. The molecule has 0 spiro atoms. The van der Waals surface area contributed by atoms with Crippen LogP contribution >= 0.6 is 0 Å². The van der Waals surface area contributed by atoms with Crippen LogP contribution in [-0.4, -0.2) is 34.5 Å². The largest absolute Gasteiger partial charge is 0.462 e. The molecule has 2 N–H and O–H groups in total. The van der Waals surface area contributed by atoms with Gasteiger partial charge in [-0.2, -0.15) is 0 Å². The minimum atomic E-state index is -1.47. The fourth-order valence-corrected chi connectivity index (χ4v) is 6.99. The molecule has 1 heterocycles. The van der Waals surface area contributed by atoms with E-state index >= 15 is 0 Å². The van der Waals surface area contributed by atoms with Crippen LogP contribution in [0.1, 0.15) is 59.8 Å². The second-order valence-electron chi connectivity index (χ2n) is 9.83. The molecule has 0 aromatic carbocycles. The van der Waals surface area contributed by atoms with Crippen molar-refractivity contribution >= 4 is 5.97 Å². The first-order chi connectivity index (χ1) is 11.1. The Morgan fingerprint density at radius 1 is 1.12 bits per heavy atom. The van der Waals surface area contributed by atoms with Crippen molar-refractivity contribution in [3.05, 3.63) is 11.6 Å². The lowest BCUT2D eigenvalue weighted by Crippen LogP contribution is -2.62. The van der Waals surface area contributed by atoms with Crippen molar-refractivity contribution in [2.75, 3.05) is 6.61 Å². The highest BCUT2D eigenvalue weighted by Gasteiger charge is 2.68. The molecule has 4 rings (SSSR count). The number of cyclic esters (lactones) is 1. The van der Waals surface area contributed by atoms with E-state index in [-0.39, 0.29) is 23.4 Å². The van der Waals surface area contributed by atoms with Crippen LogP contribution in [0.25, 0.3) is 0 Å². The predicted molar refractivity (Wildman–Crippen MR) is 90.1 cm³/mol. The highest BCUT2D eigenvalue weighted by Crippen LogP contribution is 2.68. The minimum Gasteiger partial charge on any atom is -0.462 e. The lowest BCUT2D eigenvalue weighted by atomic mass is 9.41. The average Bonchev–Trinajstić information content (AvgIpc) is 2.79. The van der Waals surface area contributed by atoms with Gasteiger partial charge in [-0.3, -0.25) is 4.79 Å². The van der Waals surface area contributed by atoms with Crippen LogP contribution in [0.2, 0.25) is 0 Å². The summed E-state index contributed by atoms with van der Waals surface area (Å²) in [4.78, 5) is 12.5. The number of aliphatic hydroxyl groups excluding tert-OH is 1. The number of hydrogen-bond donors (Lipinski definition) is 2. The molecule has 134 valence electrons. The van der Waals surface area contributed by atoms with Crippen LogP contribution in [0.3, 0.4) is 0 Å². The fourth-order valence-electron chi connectivity index (χ4n) is 6.99. The molecule has 0 bridgehead atoms. The summed E-state index contributed by atoms with van der Waals surface area (Å²) in [5.41, 5.74) is -0.438. The Balaban J connectivity index is 1.87. The van der Waals surface area contributed by atoms with Crippen molar-refractivity contribution in [2.24, 2.45) is 28.1 Å². The van der Waals surface area contributed by atoms with Gasteiger partial charge in [-0.1, -0.05) is 45.8 Å². The van der Waals surface area contributed by atoms with Crippen molar-refractivity contribution in [3.63, 3.8) is 0 Å². The molecule has 2 saturated carbocycles. The Hall–Kier alpha value is -0.870. The van der Waals surface area contributed by atoms with Gasteiger partial charge in [0.15, 0.2) is 0 Å². The van der Waals surface area contributed by atoms with Gasteiger partial charge in [-0.25, -0.2) is 0 Å². The monoisotopic (exact) mass is 334 g/mol. The number of carbonyl (C=O) groups is 1. The zero-order chi connectivity index (χ0) is 17.5. The summed E-state index contributed by atoms with van der Waals surface area (Å²) < 4.78 is 5.22. The molecule has 4 heteroatoms. The van der Waals surface area contributed by atoms with E-state index in [4.69, 9.17) is 4.74 Å². The molecule has 1 aliphatic heterocycles. The van der Waals surface area contributed by atoms with Gasteiger partial charge < -0.3 is 14.9 Å². The highest BCUT2D eigenvalue weighted by molar-refractivity contribution is 5.79. The molecular formula is C20H30O4. The molecular weight excluding hydrogens is 304 g/mol. The third-order valence-electron chi connectivity index (χ3n) is 8.07. The van der Waals surface area contributed by atoms with Crippen LogP contribution in [0.15, 0.2) is 11.6 Å². The van der Waals surface area contributed by atoms with E-state index < -0.39 is 23.0 Å². The minimum absolute atomic E-state index is 0.0140. The van der Waals surface area contributed by atoms with Gasteiger partial charge in [-0.05, 0) is 42.4 Å². The number of fused-ring (bicyclic) bond motifs is 5. The summed E-state index contributed by atoms with van der Waals surface area (Å²) in [5.74, 6) is -0.446. The second-order valence-corrected chi connectivity index (χ2v) is 9.83. The van der Waals surface area contributed by atoms with Crippen LogP contribution in [0, 0.1) is 28.1 Å². The highest BCUT2D eigenvalue weighted by atomic mass is 16.6. The molecule has 4 nitrogen and oxygen atoms in total. The quantitative estimate of drug-likeness (QED) is 0.528. The Labute approximate surface area is 144 Å². The van der Waals surface area contributed by atoms with Gasteiger partial charge in [0, 0.05) is 5.41 Å². The number of rotatable bonds is 0. The number of aliphatic hydroxyl groups is 2. The van der Waals surface area contributed by atoms with Gasteiger partial charge in [0.25, 0.3) is 0 Å². The lowest BCUT2D eigenvalue weighted by molar-refractivity contribution is -0.155. The van der Waals surface area contributed by atoms with E-state index in [2.05, 4.69) is 27.7 Å². The lowest BCUT2D eigenvalue weighted by Gasteiger charge is -2.63. The number of hydrogen-bond acceptors (Lipinski definition) is 4. The first-order valence-corrected chi connectivity index (χ1v) is 9.36. The van der Waals surface area contributed by atoms with Crippen LogP contribution < -0.4 is 0 Å².